The van der Waals surface area contributed by atoms with E-state index < -0.39 is 6.09 Å². The van der Waals surface area contributed by atoms with Crippen molar-refractivity contribution in [2.75, 3.05) is 18.5 Å². The number of fused-ring (bicyclic) bond motifs is 1. The van der Waals surface area contributed by atoms with Crippen LogP contribution in [0.2, 0.25) is 0 Å². The van der Waals surface area contributed by atoms with Gasteiger partial charge >= 0.3 is 6.09 Å². The van der Waals surface area contributed by atoms with Gasteiger partial charge in [0.25, 0.3) is 0 Å². The fourth-order valence-electron chi connectivity index (χ4n) is 1.72. The molecule has 0 unspecified atom stereocenters. The van der Waals surface area contributed by atoms with Crippen molar-refractivity contribution in [1.29, 1.82) is 0 Å². The number of carbonyl (C=O) groups excluding carboxylic acids is 1. The zero-order valence-electron chi connectivity index (χ0n) is 10.1. The number of nitrogens with zero attached hydrogens (tertiary/aromatic N) is 1. The highest BCUT2D eigenvalue weighted by Crippen LogP contribution is 2.19. The van der Waals surface area contributed by atoms with Crippen LogP contribution in [0.3, 0.4) is 0 Å². The molecule has 0 aliphatic carbocycles. The monoisotopic (exact) mass is 245 g/mol. The number of amides is 1. The number of hydrogen-bond acceptors (Lipinski definition) is 4. The predicted molar refractivity (Wildman–Crippen MR) is 70.5 cm³/mol. The molecule has 2 aromatic rings. The van der Waals surface area contributed by atoms with Crippen molar-refractivity contribution >= 4 is 22.8 Å². The number of para-hydroxylation sites is 1. The number of rotatable bonds is 4. The Morgan fingerprint density at radius 3 is 3.00 bits per heavy atom. The van der Waals surface area contributed by atoms with E-state index in [-0.39, 0.29) is 6.61 Å². The Hall–Kier alpha value is -2.30. The second-order valence-electron chi connectivity index (χ2n) is 3.94. The van der Waals surface area contributed by atoms with Gasteiger partial charge in [-0.2, -0.15) is 0 Å². The Kier molecular flexibility index (Phi) is 3.62. The van der Waals surface area contributed by atoms with Crippen LogP contribution in [-0.4, -0.2) is 24.2 Å². The van der Waals surface area contributed by atoms with E-state index in [1.165, 1.54) is 0 Å². The number of carbonyl (C=O) groups is 1. The molecule has 0 spiro atoms. The first-order valence-corrected chi connectivity index (χ1v) is 5.69. The van der Waals surface area contributed by atoms with Crippen LogP contribution in [0.4, 0.5) is 10.6 Å². The molecule has 0 aliphatic heterocycles. The number of pyridine rings is 1. The summed E-state index contributed by atoms with van der Waals surface area (Å²) in [7, 11) is 0. The van der Waals surface area contributed by atoms with Crippen LogP contribution in [0.15, 0.2) is 30.3 Å². The number of hydrogen-bond donors (Lipinski definition) is 2. The van der Waals surface area contributed by atoms with Crippen LogP contribution in [0.25, 0.3) is 10.9 Å². The SMILES string of the molecule is Cc1cc2ccccc2nc1NCCOC(N)=O. The van der Waals surface area contributed by atoms with E-state index in [1.807, 2.05) is 31.2 Å². The highest BCUT2D eigenvalue weighted by molar-refractivity contribution is 5.81. The number of ether oxygens (including phenoxy) is 1. The zero-order chi connectivity index (χ0) is 13.0. The zero-order valence-corrected chi connectivity index (χ0v) is 10.1. The van der Waals surface area contributed by atoms with E-state index in [1.54, 1.807) is 0 Å². The van der Waals surface area contributed by atoms with E-state index >= 15 is 0 Å². The molecule has 0 saturated heterocycles. The van der Waals surface area contributed by atoms with Crippen molar-refractivity contribution in [1.82, 2.24) is 4.98 Å². The van der Waals surface area contributed by atoms with E-state index in [2.05, 4.69) is 21.1 Å². The number of aryl methyl sites for hydroxylation is 1. The maximum absolute atomic E-state index is 10.4. The summed E-state index contributed by atoms with van der Waals surface area (Å²) in [5, 5.41) is 4.22. The van der Waals surface area contributed by atoms with E-state index in [0.29, 0.717) is 6.54 Å². The van der Waals surface area contributed by atoms with E-state index in [9.17, 15) is 4.79 Å². The van der Waals surface area contributed by atoms with Crippen molar-refractivity contribution in [2.24, 2.45) is 5.73 Å². The summed E-state index contributed by atoms with van der Waals surface area (Å²) in [4.78, 5) is 14.9. The average molecular weight is 245 g/mol. The predicted octanol–water partition coefficient (Wildman–Crippen LogP) is 2.05. The molecule has 0 atom stereocenters. The maximum atomic E-state index is 10.4. The number of nitrogens with one attached hydrogen (secondary N) is 1. The van der Waals surface area contributed by atoms with Gasteiger partial charge in [-0.25, -0.2) is 9.78 Å². The normalized spacial score (nSPS) is 10.3. The molecule has 0 radical (unpaired) electrons. The smallest absolute Gasteiger partial charge is 0.404 e. The third kappa shape index (κ3) is 2.88. The van der Waals surface area contributed by atoms with Crippen molar-refractivity contribution in [3.05, 3.63) is 35.9 Å². The van der Waals surface area contributed by atoms with Crippen molar-refractivity contribution in [2.45, 2.75) is 6.92 Å². The summed E-state index contributed by atoms with van der Waals surface area (Å²) in [6.45, 7) is 2.69. The molecule has 1 aromatic carbocycles. The summed E-state index contributed by atoms with van der Waals surface area (Å²) < 4.78 is 4.64. The number of nitrogens with two attached hydrogens (primary N) is 1. The second kappa shape index (κ2) is 5.35. The Balaban J connectivity index is 2.08. The minimum Gasteiger partial charge on any atom is -0.448 e. The molecule has 94 valence electrons. The first-order valence-electron chi connectivity index (χ1n) is 5.69. The van der Waals surface area contributed by atoms with Gasteiger partial charge in [0.1, 0.15) is 12.4 Å². The minimum atomic E-state index is -0.764. The molecule has 1 amide bonds. The lowest BCUT2D eigenvalue weighted by atomic mass is 10.1. The Morgan fingerprint density at radius 1 is 1.44 bits per heavy atom. The first kappa shape index (κ1) is 12.2. The third-order valence-corrected chi connectivity index (χ3v) is 2.55. The molecule has 2 rings (SSSR count). The van der Waals surface area contributed by atoms with Crippen LogP contribution in [0.1, 0.15) is 5.56 Å². The van der Waals surface area contributed by atoms with Gasteiger partial charge in [0.05, 0.1) is 12.1 Å². The van der Waals surface area contributed by atoms with Gasteiger partial charge in [-0.15, -0.1) is 0 Å². The molecule has 0 aliphatic rings. The van der Waals surface area contributed by atoms with Crippen LogP contribution in [0.5, 0.6) is 0 Å². The first-order chi connectivity index (χ1) is 8.66. The van der Waals surface area contributed by atoms with Crippen molar-refractivity contribution in [3.63, 3.8) is 0 Å². The van der Waals surface area contributed by atoms with Gasteiger partial charge in [0, 0.05) is 5.39 Å². The van der Waals surface area contributed by atoms with Gasteiger partial charge in [-0.1, -0.05) is 18.2 Å². The fraction of sp³-hybridized carbons (Fsp3) is 0.231. The Bertz CT molecular complexity index is 569. The van der Waals surface area contributed by atoms with Crippen LogP contribution in [-0.2, 0) is 4.74 Å². The number of aromatic nitrogens is 1. The summed E-state index contributed by atoms with van der Waals surface area (Å²) >= 11 is 0. The highest BCUT2D eigenvalue weighted by Gasteiger charge is 2.02. The van der Waals surface area contributed by atoms with Crippen LogP contribution in [0, 0.1) is 6.92 Å². The van der Waals surface area contributed by atoms with E-state index in [4.69, 9.17) is 5.73 Å². The molecule has 1 aromatic heterocycles. The molecular weight excluding hydrogens is 230 g/mol. The quantitative estimate of drug-likeness (QED) is 0.808. The molecule has 3 N–H and O–H groups in total. The molecule has 5 heteroatoms. The topological polar surface area (TPSA) is 77.2 Å². The minimum absolute atomic E-state index is 0.225. The molecule has 1 heterocycles. The lowest BCUT2D eigenvalue weighted by molar-refractivity contribution is 0.161. The summed E-state index contributed by atoms with van der Waals surface area (Å²) in [6, 6.07) is 9.98. The fourth-order valence-corrected chi connectivity index (χ4v) is 1.72. The number of benzene rings is 1. The van der Waals surface area contributed by atoms with Gasteiger partial charge < -0.3 is 15.8 Å². The molecule has 0 saturated carbocycles. The Labute approximate surface area is 105 Å². The van der Waals surface area contributed by atoms with E-state index in [0.717, 1.165) is 22.3 Å². The molecular formula is C13H15N3O2. The highest BCUT2D eigenvalue weighted by atomic mass is 16.5. The van der Waals surface area contributed by atoms with Crippen LogP contribution >= 0.6 is 0 Å². The van der Waals surface area contributed by atoms with Crippen molar-refractivity contribution in [3.8, 4) is 0 Å². The molecule has 18 heavy (non-hydrogen) atoms. The largest absolute Gasteiger partial charge is 0.448 e. The van der Waals surface area contributed by atoms with Crippen LogP contribution < -0.4 is 11.1 Å². The summed E-state index contributed by atoms with van der Waals surface area (Å²) in [5.41, 5.74) is 6.85. The van der Waals surface area contributed by atoms with Gasteiger partial charge in [-0.3, -0.25) is 0 Å². The van der Waals surface area contributed by atoms with Crippen molar-refractivity contribution < 1.29 is 9.53 Å². The molecule has 0 fully saturated rings. The summed E-state index contributed by atoms with van der Waals surface area (Å²) in [5.74, 6) is 0.793. The average Bonchev–Trinajstić information content (AvgIpc) is 2.34. The molecule has 0 bridgehead atoms. The number of anilines is 1. The third-order valence-electron chi connectivity index (χ3n) is 2.55. The second-order valence-corrected chi connectivity index (χ2v) is 3.94. The number of primary amides is 1. The lowest BCUT2D eigenvalue weighted by Gasteiger charge is -2.09. The van der Waals surface area contributed by atoms with Gasteiger partial charge in [-0.05, 0) is 24.6 Å². The standard InChI is InChI=1S/C13H15N3O2/c1-9-8-10-4-2-3-5-11(10)16-12(9)15-6-7-18-13(14)17/h2-5,8H,6-7H2,1H3,(H2,14,17)(H,15,16). The maximum Gasteiger partial charge on any atom is 0.404 e. The Morgan fingerprint density at radius 2 is 2.22 bits per heavy atom. The molecule has 5 nitrogen and oxygen atoms in total. The van der Waals surface area contributed by atoms with Gasteiger partial charge in [0.2, 0.25) is 0 Å². The summed E-state index contributed by atoms with van der Waals surface area (Å²) in [6.07, 6.45) is -0.764. The van der Waals surface area contributed by atoms with Gasteiger partial charge in [0.15, 0.2) is 0 Å². The lowest BCUT2D eigenvalue weighted by Crippen LogP contribution is -2.18.